The average molecular weight is 409 g/mol. The maximum absolute atomic E-state index is 13.1. The van der Waals surface area contributed by atoms with E-state index in [-0.39, 0.29) is 17.9 Å². The first-order chi connectivity index (χ1) is 14.5. The standard InChI is InChI=1S/C22H28N6O2/c1-16(13-28-11-10-27-9-8-26(15-23)14-20(27)22(28)29)17-4-5-21(30-3)18(12-17)19-6-7-24-25(19)2/h4-7,12,16,20H,8-11,13-14H2,1-3H3/t16?,20-/m1/s1. The Hall–Kier alpha value is -3.05. The second-order valence-corrected chi connectivity index (χ2v) is 8.08. The number of nitriles is 1. The van der Waals surface area contributed by atoms with Crippen molar-refractivity contribution < 1.29 is 9.53 Å². The highest BCUT2D eigenvalue weighted by atomic mass is 16.5. The second kappa shape index (κ2) is 8.36. The molecule has 2 aromatic rings. The molecule has 3 heterocycles. The predicted octanol–water partition coefficient (Wildman–Crippen LogP) is 1.51. The van der Waals surface area contributed by atoms with E-state index in [0.29, 0.717) is 19.6 Å². The quantitative estimate of drug-likeness (QED) is 0.698. The van der Waals surface area contributed by atoms with Gasteiger partial charge in [-0.1, -0.05) is 13.0 Å². The summed E-state index contributed by atoms with van der Waals surface area (Å²) in [5.41, 5.74) is 3.14. The first-order valence-corrected chi connectivity index (χ1v) is 10.4. The van der Waals surface area contributed by atoms with Crippen LogP contribution in [0.4, 0.5) is 0 Å². The van der Waals surface area contributed by atoms with Crippen molar-refractivity contribution in [1.29, 1.82) is 5.26 Å². The van der Waals surface area contributed by atoms with Crippen LogP contribution in [0, 0.1) is 11.5 Å². The Bertz CT molecular complexity index is 965. The number of benzene rings is 1. The molecule has 2 fully saturated rings. The Balaban J connectivity index is 1.51. The fourth-order valence-electron chi connectivity index (χ4n) is 4.47. The maximum atomic E-state index is 13.1. The summed E-state index contributed by atoms with van der Waals surface area (Å²) < 4.78 is 7.40. The van der Waals surface area contributed by atoms with Crippen molar-refractivity contribution in [1.82, 2.24) is 24.5 Å². The average Bonchev–Trinajstić information content (AvgIpc) is 3.20. The molecule has 2 saturated heterocycles. The van der Waals surface area contributed by atoms with Crippen LogP contribution in [0.3, 0.4) is 0 Å². The van der Waals surface area contributed by atoms with E-state index < -0.39 is 0 Å². The summed E-state index contributed by atoms with van der Waals surface area (Å²) >= 11 is 0. The van der Waals surface area contributed by atoms with Gasteiger partial charge in [0.1, 0.15) is 11.8 Å². The molecule has 0 radical (unpaired) electrons. The molecule has 1 amide bonds. The third-order valence-electron chi connectivity index (χ3n) is 6.27. The number of hydrogen-bond donors (Lipinski definition) is 0. The van der Waals surface area contributed by atoms with Gasteiger partial charge in [0.05, 0.1) is 19.3 Å². The van der Waals surface area contributed by atoms with Crippen molar-refractivity contribution in [2.24, 2.45) is 7.05 Å². The molecule has 2 aliphatic rings. The third kappa shape index (κ3) is 3.73. The summed E-state index contributed by atoms with van der Waals surface area (Å²) in [7, 11) is 3.59. The number of methoxy groups -OCH3 is 1. The van der Waals surface area contributed by atoms with Crippen LogP contribution in [0.5, 0.6) is 5.75 Å². The van der Waals surface area contributed by atoms with Gasteiger partial charge in [0.15, 0.2) is 6.19 Å². The first kappa shape index (κ1) is 20.2. The number of ether oxygens (including phenoxy) is 1. The van der Waals surface area contributed by atoms with Gasteiger partial charge >= 0.3 is 0 Å². The second-order valence-electron chi connectivity index (χ2n) is 8.08. The largest absolute Gasteiger partial charge is 0.496 e. The molecule has 2 aliphatic heterocycles. The highest BCUT2D eigenvalue weighted by molar-refractivity contribution is 5.83. The number of carbonyl (C=O) groups is 1. The Labute approximate surface area is 177 Å². The molecule has 0 saturated carbocycles. The zero-order chi connectivity index (χ0) is 21.3. The number of carbonyl (C=O) groups excluding carboxylic acids is 1. The van der Waals surface area contributed by atoms with Crippen molar-refractivity contribution in [3.05, 3.63) is 36.0 Å². The summed E-state index contributed by atoms with van der Waals surface area (Å²) in [6, 6.07) is 7.96. The molecule has 8 heteroatoms. The van der Waals surface area contributed by atoms with E-state index in [1.165, 1.54) is 0 Å². The molecule has 0 N–H and O–H groups in total. The minimum Gasteiger partial charge on any atom is -0.496 e. The molecule has 0 aliphatic carbocycles. The van der Waals surface area contributed by atoms with Gasteiger partial charge in [0, 0.05) is 51.5 Å². The van der Waals surface area contributed by atoms with E-state index in [2.05, 4.69) is 35.2 Å². The Morgan fingerprint density at radius 2 is 2.07 bits per heavy atom. The smallest absolute Gasteiger partial charge is 0.241 e. The molecule has 0 spiro atoms. The van der Waals surface area contributed by atoms with Crippen LogP contribution in [-0.2, 0) is 11.8 Å². The van der Waals surface area contributed by atoms with E-state index >= 15 is 0 Å². The zero-order valence-corrected chi connectivity index (χ0v) is 17.8. The molecular weight excluding hydrogens is 380 g/mol. The van der Waals surface area contributed by atoms with Crippen LogP contribution in [0.25, 0.3) is 11.3 Å². The van der Waals surface area contributed by atoms with Crippen molar-refractivity contribution in [3.8, 4) is 23.2 Å². The van der Waals surface area contributed by atoms with Crippen molar-refractivity contribution in [3.63, 3.8) is 0 Å². The summed E-state index contributed by atoms with van der Waals surface area (Å²) in [4.78, 5) is 19.0. The van der Waals surface area contributed by atoms with Gasteiger partial charge in [-0.15, -0.1) is 0 Å². The Morgan fingerprint density at radius 3 is 2.77 bits per heavy atom. The molecule has 1 unspecified atom stereocenters. The predicted molar refractivity (Wildman–Crippen MR) is 113 cm³/mol. The number of amides is 1. The van der Waals surface area contributed by atoms with Gasteiger partial charge in [-0.2, -0.15) is 10.4 Å². The molecule has 8 nitrogen and oxygen atoms in total. The van der Waals surface area contributed by atoms with E-state index in [9.17, 15) is 10.1 Å². The molecule has 0 bridgehead atoms. The summed E-state index contributed by atoms with van der Waals surface area (Å²) in [6.07, 6.45) is 3.97. The summed E-state index contributed by atoms with van der Waals surface area (Å²) in [6.45, 7) is 6.39. The van der Waals surface area contributed by atoms with E-state index in [1.807, 2.05) is 28.8 Å². The minimum atomic E-state index is -0.208. The number of fused-ring (bicyclic) bond motifs is 1. The number of aromatic nitrogens is 2. The number of piperazine rings is 2. The van der Waals surface area contributed by atoms with Crippen LogP contribution in [-0.4, -0.2) is 82.8 Å². The lowest BCUT2D eigenvalue weighted by molar-refractivity contribution is -0.144. The number of nitrogens with zero attached hydrogens (tertiary/aromatic N) is 6. The van der Waals surface area contributed by atoms with E-state index in [4.69, 9.17) is 4.74 Å². The molecule has 4 rings (SSSR count). The van der Waals surface area contributed by atoms with Crippen LogP contribution in [0.15, 0.2) is 30.5 Å². The summed E-state index contributed by atoms with van der Waals surface area (Å²) in [5, 5.41) is 13.5. The molecule has 30 heavy (non-hydrogen) atoms. The SMILES string of the molecule is COc1ccc(C(C)CN2CCN3CCN(C#N)C[C@@H]3C2=O)cc1-c1ccnn1C. The van der Waals surface area contributed by atoms with Crippen LogP contribution < -0.4 is 4.74 Å². The first-order valence-electron chi connectivity index (χ1n) is 10.4. The lowest BCUT2D eigenvalue weighted by Gasteiger charge is -2.45. The monoisotopic (exact) mass is 408 g/mol. The van der Waals surface area contributed by atoms with Gasteiger partial charge < -0.3 is 14.5 Å². The van der Waals surface area contributed by atoms with Crippen LogP contribution in [0.2, 0.25) is 0 Å². The number of rotatable bonds is 5. The van der Waals surface area contributed by atoms with Gasteiger partial charge in [-0.25, -0.2) is 0 Å². The normalized spacial score (nSPS) is 20.6. The van der Waals surface area contributed by atoms with E-state index in [1.54, 1.807) is 18.2 Å². The third-order valence-corrected chi connectivity index (χ3v) is 6.27. The lowest BCUT2D eigenvalue weighted by Crippen LogP contribution is -2.64. The molecular formula is C22H28N6O2. The maximum Gasteiger partial charge on any atom is 0.241 e. The fourth-order valence-corrected chi connectivity index (χ4v) is 4.47. The zero-order valence-electron chi connectivity index (χ0n) is 17.8. The van der Waals surface area contributed by atoms with Gasteiger partial charge in [0.2, 0.25) is 5.91 Å². The Morgan fingerprint density at radius 1 is 1.27 bits per heavy atom. The number of aryl methyl sites for hydroxylation is 1. The van der Waals surface area contributed by atoms with Gasteiger partial charge in [-0.3, -0.25) is 14.4 Å². The highest BCUT2D eigenvalue weighted by Gasteiger charge is 2.38. The topological polar surface area (TPSA) is 77.6 Å². The molecule has 1 aromatic carbocycles. The number of hydrogen-bond acceptors (Lipinski definition) is 6. The van der Waals surface area contributed by atoms with Crippen molar-refractivity contribution in [2.45, 2.75) is 18.9 Å². The van der Waals surface area contributed by atoms with Crippen LogP contribution >= 0.6 is 0 Å². The summed E-state index contributed by atoms with van der Waals surface area (Å²) in [5.74, 6) is 1.11. The molecule has 158 valence electrons. The molecule has 2 atom stereocenters. The van der Waals surface area contributed by atoms with Crippen LogP contribution in [0.1, 0.15) is 18.4 Å². The van der Waals surface area contributed by atoms with Gasteiger partial charge in [-0.05, 0) is 29.7 Å². The highest BCUT2D eigenvalue weighted by Crippen LogP contribution is 2.33. The minimum absolute atomic E-state index is 0.133. The Kier molecular flexibility index (Phi) is 5.64. The van der Waals surface area contributed by atoms with Gasteiger partial charge in [0.25, 0.3) is 0 Å². The van der Waals surface area contributed by atoms with E-state index in [0.717, 1.165) is 42.2 Å². The lowest BCUT2D eigenvalue weighted by atomic mass is 9.96. The fraction of sp³-hybridized carbons (Fsp3) is 0.500. The molecule has 1 aromatic heterocycles. The van der Waals surface area contributed by atoms with Crippen molar-refractivity contribution >= 4 is 5.91 Å². The van der Waals surface area contributed by atoms with Crippen molar-refractivity contribution in [2.75, 3.05) is 46.4 Å².